The predicted octanol–water partition coefficient (Wildman–Crippen LogP) is 2.37. The molecule has 0 aliphatic heterocycles. The topological polar surface area (TPSA) is 41.5 Å². The van der Waals surface area contributed by atoms with Crippen LogP contribution in [0.25, 0.3) is 0 Å². The van der Waals surface area contributed by atoms with E-state index < -0.39 is 0 Å². The molecular weight excluding hydrogens is 264 g/mol. The third-order valence-electron chi connectivity index (χ3n) is 1.91. The maximum Gasteiger partial charge on any atom is 0.243 e. The molecule has 0 saturated heterocycles. The zero-order valence-corrected chi connectivity index (χ0v) is 9.77. The number of rotatable bonds is 3. The summed E-state index contributed by atoms with van der Waals surface area (Å²) in [7, 11) is 0. The van der Waals surface area contributed by atoms with E-state index in [9.17, 15) is 4.79 Å². The van der Waals surface area contributed by atoms with E-state index in [0.29, 0.717) is 0 Å². The third kappa shape index (κ3) is 2.65. The van der Waals surface area contributed by atoms with Gasteiger partial charge in [0.25, 0.3) is 0 Å². The lowest BCUT2D eigenvalue weighted by Crippen LogP contribution is -2.18. The first-order valence-electron chi connectivity index (χ1n) is 4.34. The van der Waals surface area contributed by atoms with Crippen molar-refractivity contribution >= 4 is 39.4 Å². The van der Waals surface area contributed by atoms with Gasteiger partial charge in [-0.15, -0.1) is 11.3 Å². The normalized spacial score (nSPS) is 16.1. The summed E-state index contributed by atoms with van der Waals surface area (Å²) in [5, 5.41) is 3.88. The quantitative estimate of drug-likeness (QED) is 0.666. The van der Waals surface area contributed by atoms with Crippen LogP contribution in [-0.4, -0.2) is 12.1 Å². The molecule has 1 fully saturated rings. The van der Waals surface area contributed by atoms with Crippen molar-refractivity contribution in [3.05, 3.63) is 20.8 Å². The Balaban J connectivity index is 1.84. The Bertz CT molecular complexity index is 371. The molecule has 1 aliphatic rings. The number of nitrogens with zero attached hydrogens (tertiary/aromatic N) is 1. The summed E-state index contributed by atoms with van der Waals surface area (Å²) in [6.07, 6.45) is 3.67. The molecule has 0 aromatic carbocycles. The number of hydrogen-bond donors (Lipinski definition) is 1. The van der Waals surface area contributed by atoms with Crippen molar-refractivity contribution in [2.24, 2.45) is 11.0 Å². The number of carbonyl (C=O) groups excluding carboxylic acids is 1. The largest absolute Gasteiger partial charge is 0.273 e. The molecule has 1 aromatic rings. The highest BCUT2D eigenvalue weighted by Crippen LogP contribution is 2.28. The molecule has 0 radical (unpaired) electrons. The number of halogens is 1. The average Bonchev–Trinajstić information content (AvgIpc) is 2.92. The van der Waals surface area contributed by atoms with Crippen molar-refractivity contribution < 1.29 is 4.79 Å². The van der Waals surface area contributed by atoms with Crippen molar-refractivity contribution in [1.29, 1.82) is 0 Å². The summed E-state index contributed by atoms with van der Waals surface area (Å²) in [6.45, 7) is 0. The van der Waals surface area contributed by atoms with Gasteiger partial charge in [-0.05, 0) is 40.9 Å². The van der Waals surface area contributed by atoms with Crippen molar-refractivity contribution in [2.75, 3.05) is 0 Å². The molecule has 1 heterocycles. The van der Waals surface area contributed by atoms with Crippen LogP contribution >= 0.6 is 27.3 Å². The summed E-state index contributed by atoms with van der Waals surface area (Å²) >= 11 is 4.94. The molecule has 1 N–H and O–H groups in total. The van der Waals surface area contributed by atoms with Crippen LogP contribution in [0.1, 0.15) is 17.7 Å². The van der Waals surface area contributed by atoms with Gasteiger partial charge in [0.05, 0.1) is 10.0 Å². The summed E-state index contributed by atoms with van der Waals surface area (Å²) < 4.78 is 1.06. The molecule has 1 saturated carbocycles. The SMILES string of the molecule is O=C(NN=Cc1ccc(Br)s1)C1CC1. The Morgan fingerprint density at radius 2 is 2.43 bits per heavy atom. The molecule has 1 aromatic heterocycles. The number of hydrazone groups is 1. The Morgan fingerprint density at radius 1 is 1.64 bits per heavy atom. The maximum absolute atomic E-state index is 11.2. The standard InChI is InChI=1S/C9H9BrN2OS/c10-8-4-3-7(14-8)5-11-12-9(13)6-1-2-6/h3-6H,1-2H2,(H,12,13). The molecule has 2 rings (SSSR count). The molecule has 0 unspecified atom stereocenters. The number of thiophene rings is 1. The van der Waals surface area contributed by atoms with Gasteiger partial charge in [-0.2, -0.15) is 5.10 Å². The van der Waals surface area contributed by atoms with E-state index in [1.165, 1.54) is 0 Å². The highest BCUT2D eigenvalue weighted by molar-refractivity contribution is 9.11. The lowest BCUT2D eigenvalue weighted by Gasteiger charge is -1.93. The van der Waals surface area contributed by atoms with Gasteiger partial charge in [0.15, 0.2) is 0 Å². The highest BCUT2D eigenvalue weighted by Gasteiger charge is 2.29. The van der Waals surface area contributed by atoms with E-state index in [1.807, 2.05) is 12.1 Å². The van der Waals surface area contributed by atoms with E-state index in [0.717, 1.165) is 21.5 Å². The van der Waals surface area contributed by atoms with Gasteiger partial charge in [-0.1, -0.05) is 0 Å². The zero-order valence-electron chi connectivity index (χ0n) is 7.37. The molecule has 0 bridgehead atoms. The van der Waals surface area contributed by atoms with Crippen molar-refractivity contribution in [2.45, 2.75) is 12.8 Å². The summed E-state index contributed by atoms with van der Waals surface area (Å²) in [5.74, 6) is 0.249. The van der Waals surface area contributed by atoms with Crippen molar-refractivity contribution in [3.8, 4) is 0 Å². The average molecular weight is 273 g/mol. The zero-order chi connectivity index (χ0) is 9.97. The predicted molar refractivity (Wildman–Crippen MR) is 60.5 cm³/mol. The second-order valence-electron chi connectivity index (χ2n) is 3.15. The van der Waals surface area contributed by atoms with Crippen LogP contribution in [0.4, 0.5) is 0 Å². The minimum Gasteiger partial charge on any atom is -0.273 e. The van der Waals surface area contributed by atoms with Crippen LogP contribution < -0.4 is 5.43 Å². The maximum atomic E-state index is 11.2. The Labute approximate surface area is 94.3 Å². The van der Waals surface area contributed by atoms with E-state index in [2.05, 4.69) is 26.5 Å². The van der Waals surface area contributed by atoms with Crippen LogP contribution in [0.5, 0.6) is 0 Å². The lowest BCUT2D eigenvalue weighted by atomic mass is 10.4. The fourth-order valence-electron chi connectivity index (χ4n) is 0.994. The molecule has 0 spiro atoms. The number of amides is 1. The van der Waals surface area contributed by atoms with Crippen molar-refractivity contribution in [3.63, 3.8) is 0 Å². The summed E-state index contributed by atoms with van der Waals surface area (Å²) in [4.78, 5) is 12.2. The Kier molecular flexibility index (Phi) is 2.98. The van der Waals surface area contributed by atoms with Crippen LogP contribution in [0.3, 0.4) is 0 Å². The van der Waals surface area contributed by atoms with Gasteiger partial charge in [0, 0.05) is 10.8 Å². The molecule has 3 nitrogen and oxygen atoms in total. The van der Waals surface area contributed by atoms with Crippen LogP contribution in [0.2, 0.25) is 0 Å². The van der Waals surface area contributed by atoms with Crippen LogP contribution in [-0.2, 0) is 4.79 Å². The van der Waals surface area contributed by atoms with Crippen molar-refractivity contribution in [1.82, 2.24) is 5.43 Å². The van der Waals surface area contributed by atoms with E-state index in [4.69, 9.17) is 0 Å². The smallest absolute Gasteiger partial charge is 0.243 e. The number of carbonyl (C=O) groups is 1. The first-order chi connectivity index (χ1) is 6.75. The Hall–Kier alpha value is -0.680. The molecular formula is C9H9BrN2OS. The number of hydrogen-bond acceptors (Lipinski definition) is 3. The molecule has 14 heavy (non-hydrogen) atoms. The fraction of sp³-hybridized carbons (Fsp3) is 0.333. The fourth-order valence-corrected chi connectivity index (χ4v) is 2.29. The third-order valence-corrected chi connectivity index (χ3v) is 3.47. The Morgan fingerprint density at radius 3 is 3.00 bits per heavy atom. The summed E-state index contributed by atoms with van der Waals surface area (Å²) in [6, 6.07) is 3.90. The van der Waals surface area contributed by atoms with Gasteiger partial charge in [0.1, 0.15) is 0 Å². The van der Waals surface area contributed by atoms with E-state index >= 15 is 0 Å². The van der Waals surface area contributed by atoms with E-state index in [-0.39, 0.29) is 11.8 Å². The minimum atomic E-state index is 0.0388. The van der Waals surface area contributed by atoms with E-state index in [1.54, 1.807) is 17.6 Å². The van der Waals surface area contributed by atoms with Gasteiger partial charge in [0.2, 0.25) is 5.91 Å². The van der Waals surface area contributed by atoms with Gasteiger partial charge < -0.3 is 0 Å². The molecule has 1 amide bonds. The first kappa shape index (κ1) is 9.86. The summed E-state index contributed by atoms with van der Waals surface area (Å²) in [5.41, 5.74) is 2.52. The monoisotopic (exact) mass is 272 g/mol. The molecule has 0 atom stereocenters. The minimum absolute atomic E-state index is 0.0388. The van der Waals surface area contributed by atoms with Gasteiger partial charge >= 0.3 is 0 Å². The van der Waals surface area contributed by atoms with Crippen LogP contribution in [0.15, 0.2) is 21.0 Å². The molecule has 74 valence electrons. The van der Waals surface area contributed by atoms with Gasteiger partial charge in [-0.25, -0.2) is 5.43 Å². The molecule has 1 aliphatic carbocycles. The van der Waals surface area contributed by atoms with Gasteiger partial charge in [-0.3, -0.25) is 4.79 Å². The number of nitrogens with one attached hydrogen (secondary N) is 1. The highest BCUT2D eigenvalue weighted by atomic mass is 79.9. The second-order valence-corrected chi connectivity index (χ2v) is 5.64. The lowest BCUT2D eigenvalue weighted by molar-refractivity contribution is -0.122. The second kappa shape index (κ2) is 4.23. The van der Waals surface area contributed by atoms with Crippen LogP contribution in [0, 0.1) is 5.92 Å². The first-order valence-corrected chi connectivity index (χ1v) is 5.95. The molecule has 5 heteroatoms.